The third-order valence-corrected chi connectivity index (χ3v) is 7.73. The molecule has 0 radical (unpaired) electrons. The van der Waals surface area contributed by atoms with Gasteiger partial charge in [-0.2, -0.15) is 0 Å². The zero-order valence-electron chi connectivity index (χ0n) is 21.6. The van der Waals surface area contributed by atoms with Gasteiger partial charge in [0, 0.05) is 66.7 Å². The number of aromatic nitrogens is 1. The summed E-state index contributed by atoms with van der Waals surface area (Å²) < 4.78 is 60.6. The van der Waals surface area contributed by atoms with Crippen molar-refractivity contribution in [3.8, 4) is 0 Å². The minimum absolute atomic E-state index is 0.0385. The van der Waals surface area contributed by atoms with Crippen LogP contribution in [-0.2, 0) is 6.42 Å². The van der Waals surface area contributed by atoms with Gasteiger partial charge in [-0.05, 0) is 62.6 Å². The molecule has 38 heavy (non-hydrogen) atoms. The number of aliphatic hydroxyl groups is 2. The smallest absolute Gasteiger partial charge is 0.143 e. The summed E-state index contributed by atoms with van der Waals surface area (Å²) in [6.45, 7) is 4.45. The number of aliphatic hydroxyl groups excluding tert-OH is 2. The first-order valence-electron chi connectivity index (χ1n) is 13.0. The maximum atomic E-state index is 15.8. The van der Waals surface area contributed by atoms with Gasteiger partial charge >= 0.3 is 0 Å². The topological polar surface area (TPSA) is 74.8 Å². The van der Waals surface area contributed by atoms with E-state index in [-0.39, 0.29) is 30.8 Å². The molecule has 0 bridgehead atoms. The highest BCUT2D eigenvalue weighted by Crippen LogP contribution is 2.43. The number of aromatic amines is 1. The Hall–Kier alpha value is -2.66. The van der Waals surface area contributed by atoms with E-state index in [4.69, 9.17) is 5.11 Å². The van der Waals surface area contributed by atoms with Gasteiger partial charge in [0.1, 0.15) is 23.1 Å². The standard InChI is InChI=1S/C28H34F4N4O2/c1-16-8-21-20-5-4-17(29)9-24(20)34-26(21)27(36(16)14-28(2,32)15-38)25-22(30)10-18(11-23(25)31)33-19-12-35(13-19)6-3-7-37/h4-5,9-11,16,19,27,33-34,37-38H,3,6-8,12-15H2,1-2H3/t16-,27-,28-/m1/s1. The van der Waals surface area contributed by atoms with E-state index in [1.165, 1.54) is 31.2 Å². The fraction of sp³-hybridized carbons (Fsp3) is 0.500. The number of hydrogen-bond acceptors (Lipinski definition) is 5. The van der Waals surface area contributed by atoms with Crippen molar-refractivity contribution in [1.82, 2.24) is 14.8 Å². The molecule has 1 saturated heterocycles. The van der Waals surface area contributed by atoms with Crippen molar-refractivity contribution in [3.63, 3.8) is 0 Å². The molecule has 0 aliphatic carbocycles. The normalized spacial score (nSPS) is 22.3. The summed E-state index contributed by atoms with van der Waals surface area (Å²) in [5, 5.41) is 22.5. The van der Waals surface area contributed by atoms with Crippen molar-refractivity contribution < 1.29 is 27.8 Å². The second kappa shape index (κ2) is 10.5. The van der Waals surface area contributed by atoms with Crippen LogP contribution in [0.5, 0.6) is 0 Å². The summed E-state index contributed by atoms with van der Waals surface area (Å²) >= 11 is 0. The molecule has 3 heterocycles. The molecule has 1 aromatic heterocycles. The molecule has 4 N–H and O–H groups in total. The first kappa shape index (κ1) is 26.9. The first-order valence-corrected chi connectivity index (χ1v) is 13.0. The van der Waals surface area contributed by atoms with Crippen LogP contribution in [0.25, 0.3) is 10.9 Å². The molecule has 206 valence electrons. The van der Waals surface area contributed by atoms with E-state index in [9.17, 15) is 9.50 Å². The second-order valence-corrected chi connectivity index (χ2v) is 10.9. The Morgan fingerprint density at radius 2 is 1.82 bits per heavy atom. The largest absolute Gasteiger partial charge is 0.396 e. The van der Waals surface area contributed by atoms with E-state index in [0.29, 0.717) is 42.8 Å². The third kappa shape index (κ3) is 5.14. The molecule has 3 aromatic rings. The van der Waals surface area contributed by atoms with E-state index < -0.39 is 35.8 Å². The van der Waals surface area contributed by atoms with E-state index in [1.807, 2.05) is 6.92 Å². The zero-order chi connectivity index (χ0) is 27.2. The summed E-state index contributed by atoms with van der Waals surface area (Å²) in [4.78, 5) is 6.98. The van der Waals surface area contributed by atoms with Crippen LogP contribution in [0.15, 0.2) is 30.3 Å². The number of likely N-dealkylation sites (tertiary alicyclic amines) is 1. The van der Waals surface area contributed by atoms with Gasteiger partial charge in [0.25, 0.3) is 0 Å². The lowest BCUT2D eigenvalue weighted by Gasteiger charge is -2.43. The van der Waals surface area contributed by atoms with Crippen LogP contribution in [0.3, 0.4) is 0 Å². The van der Waals surface area contributed by atoms with Crippen LogP contribution in [0.1, 0.15) is 43.1 Å². The molecular weight excluding hydrogens is 500 g/mol. The number of anilines is 1. The van der Waals surface area contributed by atoms with Crippen molar-refractivity contribution >= 4 is 16.6 Å². The fourth-order valence-corrected chi connectivity index (χ4v) is 5.83. The molecule has 0 spiro atoms. The molecule has 2 aliphatic rings. The average Bonchev–Trinajstić information content (AvgIpc) is 3.18. The number of benzene rings is 2. The Balaban J connectivity index is 1.52. The van der Waals surface area contributed by atoms with Crippen LogP contribution in [-0.4, -0.2) is 82.1 Å². The number of H-pyrrole nitrogens is 1. The van der Waals surface area contributed by atoms with Gasteiger partial charge in [-0.15, -0.1) is 0 Å². The highest BCUT2D eigenvalue weighted by Gasteiger charge is 2.42. The SMILES string of the molecule is C[C@@H]1Cc2c([nH]c3cc(F)ccc23)[C@@H](c2c(F)cc(NC3CN(CCCO)C3)cc2F)N1C[C@@](C)(F)CO. The Morgan fingerprint density at radius 3 is 2.47 bits per heavy atom. The quantitative estimate of drug-likeness (QED) is 0.311. The van der Waals surface area contributed by atoms with Gasteiger partial charge < -0.3 is 20.5 Å². The number of fused-ring (bicyclic) bond motifs is 3. The van der Waals surface area contributed by atoms with Gasteiger partial charge in [-0.3, -0.25) is 9.80 Å². The maximum Gasteiger partial charge on any atom is 0.143 e. The Labute approximate surface area is 219 Å². The van der Waals surface area contributed by atoms with E-state index in [0.717, 1.165) is 17.5 Å². The summed E-state index contributed by atoms with van der Waals surface area (Å²) in [7, 11) is 0. The van der Waals surface area contributed by atoms with Gasteiger partial charge in [0.2, 0.25) is 0 Å². The van der Waals surface area contributed by atoms with E-state index in [1.54, 1.807) is 11.0 Å². The molecule has 2 aliphatic heterocycles. The predicted molar refractivity (Wildman–Crippen MR) is 138 cm³/mol. The van der Waals surface area contributed by atoms with Crippen molar-refractivity contribution in [2.24, 2.45) is 0 Å². The summed E-state index contributed by atoms with van der Waals surface area (Å²) in [5.74, 6) is -1.98. The Morgan fingerprint density at radius 1 is 1.11 bits per heavy atom. The van der Waals surface area contributed by atoms with Gasteiger partial charge in [-0.1, -0.05) is 0 Å². The Bertz CT molecular complexity index is 1280. The second-order valence-electron chi connectivity index (χ2n) is 10.9. The lowest BCUT2D eigenvalue weighted by Crippen LogP contribution is -2.54. The predicted octanol–water partition coefficient (Wildman–Crippen LogP) is 4.12. The molecule has 0 saturated carbocycles. The van der Waals surface area contributed by atoms with Gasteiger partial charge in [0.15, 0.2) is 0 Å². The molecule has 10 heteroatoms. The first-order chi connectivity index (χ1) is 18.1. The number of nitrogens with one attached hydrogen (secondary N) is 2. The molecule has 3 atom stereocenters. The molecule has 6 nitrogen and oxygen atoms in total. The van der Waals surface area contributed by atoms with Crippen LogP contribution in [0, 0.1) is 17.5 Å². The number of halogens is 4. The van der Waals surface area contributed by atoms with Gasteiger partial charge in [0.05, 0.1) is 18.7 Å². The molecule has 0 amide bonds. The number of alkyl halides is 1. The van der Waals surface area contributed by atoms with Crippen molar-refractivity contribution in [2.45, 2.75) is 50.5 Å². The number of nitrogens with zero attached hydrogens (tertiary/aromatic N) is 2. The molecule has 5 rings (SSSR count). The number of rotatable bonds is 9. The number of hydrogen-bond donors (Lipinski definition) is 4. The van der Waals surface area contributed by atoms with Crippen molar-refractivity contribution in [3.05, 3.63) is 64.6 Å². The average molecular weight is 535 g/mol. The summed E-state index contributed by atoms with van der Waals surface area (Å²) in [6, 6.07) is 5.58. The third-order valence-electron chi connectivity index (χ3n) is 7.73. The Kier molecular flexibility index (Phi) is 7.43. The summed E-state index contributed by atoms with van der Waals surface area (Å²) in [5.41, 5.74) is -0.0823. The monoisotopic (exact) mass is 534 g/mol. The van der Waals surface area contributed by atoms with Crippen LogP contribution in [0.4, 0.5) is 23.2 Å². The highest BCUT2D eigenvalue weighted by atomic mass is 19.1. The van der Waals surface area contributed by atoms with Crippen molar-refractivity contribution in [2.75, 3.05) is 44.7 Å². The highest BCUT2D eigenvalue weighted by molar-refractivity contribution is 5.85. The lowest BCUT2D eigenvalue weighted by atomic mass is 9.87. The molecular formula is C28H34F4N4O2. The van der Waals surface area contributed by atoms with Gasteiger partial charge in [-0.25, -0.2) is 17.6 Å². The maximum absolute atomic E-state index is 15.8. The van der Waals surface area contributed by atoms with Crippen LogP contribution < -0.4 is 5.32 Å². The van der Waals surface area contributed by atoms with E-state index >= 15 is 13.2 Å². The van der Waals surface area contributed by atoms with Crippen LogP contribution >= 0.6 is 0 Å². The lowest BCUT2D eigenvalue weighted by molar-refractivity contribution is 0.0162. The summed E-state index contributed by atoms with van der Waals surface area (Å²) in [6.07, 6.45) is 1.15. The minimum Gasteiger partial charge on any atom is -0.396 e. The molecule has 1 fully saturated rings. The van der Waals surface area contributed by atoms with E-state index in [2.05, 4.69) is 15.2 Å². The minimum atomic E-state index is -2.00. The van der Waals surface area contributed by atoms with Crippen molar-refractivity contribution in [1.29, 1.82) is 0 Å². The fourth-order valence-electron chi connectivity index (χ4n) is 5.83. The zero-order valence-corrected chi connectivity index (χ0v) is 21.6. The van der Waals surface area contributed by atoms with Crippen LogP contribution in [0.2, 0.25) is 0 Å². The molecule has 2 aromatic carbocycles. The molecule has 0 unspecified atom stereocenters.